The Kier molecular flexibility index (Phi) is 12.8. The van der Waals surface area contributed by atoms with Crippen LogP contribution < -0.4 is 46.1 Å². The molecule has 0 saturated carbocycles. The first-order valence-corrected chi connectivity index (χ1v) is 48.0. The molecule has 2 unspecified atom stereocenters. The van der Waals surface area contributed by atoms with Gasteiger partial charge in [-0.1, -0.05) is 453 Å². The maximum absolute atomic E-state index is 10.9. The molecule has 2 atom stereocenters. The molecule has 22 rings (SSSR count). The van der Waals surface area contributed by atoms with Crippen LogP contribution in [0.3, 0.4) is 0 Å². The zero-order valence-electron chi connectivity index (χ0n) is 140. The highest BCUT2D eigenvalue weighted by atomic mass is 35.5. The fourth-order valence-corrected chi connectivity index (χ4v) is 20.4. The summed E-state index contributed by atoms with van der Waals surface area (Å²) in [6.07, 6.45) is -0.342. The number of benzene rings is 16. The van der Waals surface area contributed by atoms with Gasteiger partial charge in [0, 0.05) is 97.2 Å². The van der Waals surface area contributed by atoms with Gasteiger partial charge in [0.05, 0.1) is 90.9 Å². The van der Waals surface area contributed by atoms with E-state index in [4.69, 9.17) is 44.5 Å². The van der Waals surface area contributed by atoms with Crippen LogP contribution in [0.5, 0.6) is 0 Å². The van der Waals surface area contributed by atoms with Gasteiger partial charge in [-0.2, -0.15) is 0 Å². The number of hydrogen-bond acceptors (Lipinski definition) is 5. The maximum Gasteiger partial charge on any atom is 0.260 e. The second kappa shape index (κ2) is 36.7. The second-order valence-corrected chi connectivity index (χ2v) is 45.0. The fourth-order valence-electron chi connectivity index (χ4n) is 17.8. The molecule has 4 aliphatic rings. The van der Waals surface area contributed by atoms with E-state index in [1.165, 1.54) is 61.8 Å². The summed E-state index contributed by atoms with van der Waals surface area (Å²) in [6, 6.07) is -30.4. The fraction of sp³-hybridized carbons (Fsp3) is 0.248. The van der Waals surface area contributed by atoms with Gasteiger partial charge in [-0.3, -0.25) is 0 Å². The van der Waals surface area contributed by atoms with Gasteiger partial charge >= 0.3 is 0 Å². The standard InChI is InChI=1S/C66H65BN2S.C54H55BClNS.C13H12/c1-63(2,3)44-29-27-43(28-30-44)59-53-40-48(66(10,11)46-21-15-12-16-22-46)33-37-56(53)67-60-55(59)41-52(68(49-23-17-13-18-24-49)50-25-19-14-20-26-50)42-57(60)69(51-35-31-45(32-36-51)64(4,5)6)61-54-39-47(65(7,8)9)34-38-58(54)70-62(61)67;1-51(2,3)34-19-17-33(18-20-34)47-41-30-38(54(10,11)36-15-13-12-14-16-36)23-27-44(41)55-48-43(47)31-39(56)32-45(48)57(40-25-21-35(22-26-40)52(4,5)6)49-42-29-37(53(7,8)9)24-28-46(42)58-50(49)55;1-3-7-12(8-4-1)11-13-9-5-2-6-10-13/h12-42,59H,1-11H3;12-32,47H,1-11H3;1-10H,11H2/i12D,13D,14D,15D,16D,17D,18D,19D,20D,21D,22D,23D,24D,25D,26D,27D,28D,29D,30D,31D,32D,33D,34D,35D,36D,37D,38D,39D,40D;12D,13D,14D,15D,16D,17D,18D,19D,20D,21D,22D,23D,24D,25D,26D,27D,28D,29D,30D;1D,2D,3D,4D,5D,6D,7D,8D,9D,10D. The van der Waals surface area contributed by atoms with E-state index in [1.54, 1.807) is 125 Å². The van der Waals surface area contributed by atoms with Crippen molar-refractivity contribution in [3.63, 3.8) is 0 Å². The van der Waals surface area contributed by atoms with Gasteiger partial charge in [0.1, 0.15) is 0 Å². The lowest BCUT2D eigenvalue weighted by Gasteiger charge is -2.43. The van der Waals surface area contributed by atoms with Gasteiger partial charge in [0.2, 0.25) is 0 Å². The van der Waals surface area contributed by atoms with E-state index < -0.39 is 404 Å². The van der Waals surface area contributed by atoms with Crippen molar-refractivity contribution in [1.29, 1.82) is 0 Å². The highest BCUT2D eigenvalue weighted by molar-refractivity contribution is 7.34. The molecule has 8 heteroatoms. The number of rotatable bonds is 13. The predicted octanol–water partition coefficient (Wildman–Crippen LogP) is 33.2. The summed E-state index contributed by atoms with van der Waals surface area (Å²) in [4.78, 5) is 3.49. The highest BCUT2D eigenvalue weighted by Crippen LogP contribution is 2.54. The molecule has 0 amide bonds. The van der Waals surface area contributed by atoms with E-state index >= 15 is 0 Å². The van der Waals surface area contributed by atoms with Crippen molar-refractivity contribution < 1.29 is 79.5 Å². The monoisotopic (exact) mass is 1950 g/mol. The average molecular weight is 1950 g/mol. The molecule has 4 aliphatic heterocycles. The summed E-state index contributed by atoms with van der Waals surface area (Å²) in [7, 11) is 0. The topological polar surface area (TPSA) is 9.72 Å². The molecule has 2 aromatic heterocycles. The van der Waals surface area contributed by atoms with E-state index in [9.17, 15) is 46.6 Å². The Morgan fingerprint density at radius 3 is 0.943 bits per heavy atom. The lowest BCUT2D eigenvalue weighted by molar-refractivity contribution is 0.589. The Balaban J connectivity index is 0.000000200. The SMILES string of the molecule is [2H]c1c([2H])c([2H])c(C(C)(C)c2c([2H])c([2H])c3c(c2[2H])C(c2c([2H])c([2H])c(C(C)(C)C)c([2H])c2[2H])c2cc(Cl)cc4c2B3c2sc3c([2H])c([2H])c(C(C)(C)C)c([2H])c3c2N4c2c([2H])c([2H])c(C(C)(C)C)c([2H])c2[2H])c([2H])c1[2H].[2H]c1c([2H])c([2H])c(Cc2c([2H])c([2H])c([2H])c([2H])c2[2H])c([2H])c1[2H].[2H]c1c([2H])c([2H])c(N(c2cc3c4c(c2)N(c2c([2H])c([2H])c(C(C)(C)C)c([2H])c2[2H])c2c(sc5c([2H])c([2H])c(C(C)(C)C)c([2H])c25)B4c2c([2H])c([2H])c(C(C)(C)c4c([2H])c([2H])c([2H])c([2H])c4[2H])c([2H])c2C3c2c([2H])c([2H])c(C(C)(C)C)c([2H])c2[2H])c2c([2H])c([2H])c([2H])c([2H])c2[2H])c([2H])c1[2H]. The summed E-state index contributed by atoms with van der Waals surface area (Å²) < 4.78 is 537. The van der Waals surface area contributed by atoms with Crippen LogP contribution in [0.2, 0.25) is 5.02 Å². The third-order valence-electron chi connectivity index (χ3n) is 25.5. The normalized spacial score (nSPS) is 20.2. The molecular formula is C133H132B2ClN3S2. The third-order valence-corrected chi connectivity index (χ3v) is 28.0. The smallest absolute Gasteiger partial charge is 0.260 e. The largest absolute Gasteiger partial charge is 0.310 e. The molecule has 704 valence electrons. The number of halogens is 1. The van der Waals surface area contributed by atoms with E-state index in [0.29, 0.717) is 0 Å². The first kappa shape index (κ1) is 49.3. The molecule has 6 heterocycles. The van der Waals surface area contributed by atoms with Gasteiger partial charge in [-0.25, -0.2) is 0 Å². The first-order valence-electron chi connectivity index (χ1n) is 75.0. The van der Waals surface area contributed by atoms with Gasteiger partial charge in [-0.15, -0.1) is 22.7 Å². The molecule has 0 aliphatic carbocycles. The molecule has 0 bridgehead atoms. The molecule has 0 fully saturated rings. The highest BCUT2D eigenvalue weighted by Gasteiger charge is 2.50. The predicted molar refractivity (Wildman–Crippen MR) is 615 cm³/mol. The Hall–Kier alpha value is -12.7. The van der Waals surface area contributed by atoms with Crippen LogP contribution in [0.1, 0.15) is 344 Å². The van der Waals surface area contributed by atoms with Crippen molar-refractivity contribution in [3.05, 3.63) is 480 Å². The van der Waals surface area contributed by atoms with Crippen molar-refractivity contribution in [3.8, 4) is 0 Å². The van der Waals surface area contributed by atoms with Gasteiger partial charge < -0.3 is 14.7 Å². The molecular weight excluding hydrogens is 1760 g/mol. The van der Waals surface area contributed by atoms with Crippen molar-refractivity contribution in [2.24, 2.45) is 0 Å². The maximum atomic E-state index is 10.9. The molecule has 141 heavy (non-hydrogen) atoms. The molecule has 0 saturated heterocycles. The van der Waals surface area contributed by atoms with E-state index in [1.807, 2.05) is 0 Å². The molecule has 18 aromatic rings. The quantitative estimate of drug-likeness (QED) is 0.107. The van der Waals surface area contributed by atoms with Crippen molar-refractivity contribution in [1.82, 2.24) is 0 Å². The number of nitrogens with zero attached hydrogens (tertiary/aromatic N) is 3. The van der Waals surface area contributed by atoms with Gasteiger partial charge in [0.15, 0.2) is 0 Å². The summed E-state index contributed by atoms with van der Waals surface area (Å²) >= 11 is 9.10. The molecule has 0 spiro atoms. The minimum absolute atomic E-state index is 0.00686. The van der Waals surface area contributed by atoms with Crippen LogP contribution in [-0.2, 0) is 49.7 Å². The Morgan fingerprint density at radius 2 is 0.596 bits per heavy atom. The van der Waals surface area contributed by atoms with E-state index in [0.717, 1.165) is 27.6 Å². The van der Waals surface area contributed by atoms with Crippen LogP contribution in [0.15, 0.2) is 375 Å². The number of fused-ring (bicyclic) bond motifs is 12. The van der Waals surface area contributed by atoms with Crippen molar-refractivity contribution >= 4 is 150 Å². The van der Waals surface area contributed by atoms with Crippen molar-refractivity contribution in [2.45, 2.75) is 214 Å². The van der Waals surface area contributed by atoms with Crippen LogP contribution >= 0.6 is 34.3 Å². The van der Waals surface area contributed by atoms with E-state index in [-0.39, 0.29) is 229 Å². The zero-order chi connectivity index (χ0) is 149. The Labute approximate surface area is 935 Å². The van der Waals surface area contributed by atoms with Crippen LogP contribution in [0.25, 0.3) is 20.2 Å². The molecule has 0 N–H and O–H groups in total. The van der Waals surface area contributed by atoms with Gasteiger partial charge in [-0.05, 0) is 247 Å². The summed E-state index contributed by atoms with van der Waals surface area (Å²) in [6.45, 7) is 33.8. The number of para-hydroxylation sites is 2. The first-order chi connectivity index (χ1) is 91.3. The summed E-state index contributed by atoms with van der Waals surface area (Å²) in [5.74, 6) is -3.56. The van der Waals surface area contributed by atoms with E-state index in [2.05, 4.69) is 0 Å². The molecule has 16 aromatic carbocycles. The number of thiophene rings is 2. The lowest BCUT2D eigenvalue weighted by Crippen LogP contribution is -2.61. The minimum Gasteiger partial charge on any atom is -0.310 e. The summed E-state index contributed by atoms with van der Waals surface area (Å²) in [5.41, 5.74) is -16.0. The second-order valence-electron chi connectivity index (χ2n) is 42.4. The van der Waals surface area contributed by atoms with Crippen LogP contribution in [0, 0.1) is 0 Å². The van der Waals surface area contributed by atoms with Crippen LogP contribution in [0.4, 0.5) is 51.2 Å². The minimum atomic E-state index is -2.05. The number of hydrogen-bond donors (Lipinski definition) is 0. The van der Waals surface area contributed by atoms with Gasteiger partial charge in [0.25, 0.3) is 13.4 Å². The molecule has 3 nitrogen and oxygen atoms in total. The summed E-state index contributed by atoms with van der Waals surface area (Å²) in [5, 5.41) is -0.0248. The average Bonchev–Trinajstić information content (AvgIpc) is 1.60. The third kappa shape index (κ3) is 18.2. The lowest BCUT2D eigenvalue weighted by atomic mass is 9.33. The number of anilines is 9. The zero-order valence-corrected chi connectivity index (χ0v) is 84.3. The Bertz CT molecular complexity index is 11100. The Morgan fingerprint density at radius 1 is 0.291 bits per heavy atom. The van der Waals surface area contributed by atoms with Crippen molar-refractivity contribution in [2.75, 3.05) is 14.7 Å². The van der Waals surface area contributed by atoms with Crippen LogP contribution in [-0.4, -0.2) is 13.4 Å². The molecule has 0 radical (unpaired) electrons.